The molecule has 0 unspecified atom stereocenters. The molecule has 0 atom stereocenters. The molecule has 0 saturated carbocycles. The molecule has 0 aliphatic carbocycles. The predicted octanol–water partition coefficient (Wildman–Crippen LogP) is 1.13. The summed E-state index contributed by atoms with van der Waals surface area (Å²) in [5.74, 6) is 0.782. The average molecular weight is 111 g/mol. The van der Waals surface area contributed by atoms with Gasteiger partial charge >= 0.3 is 22.1 Å². The molecule has 0 N–H and O–H groups in total. The summed E-state index contributed by atoms with van der Waals surface area (Å²) in [6.45, 7) is 5.31. The van der Waals surface area contributed by atoms with Gasteiger partial charge in [-0.1, -0.05) is 13.8 Å². The van der Waals surface area contributed by atoms with E-state index in [1.807, 2.05) is 0 Å². The highest BCUT2D eigenvalue weighted by Crippen LogP contribution is 1.96. The molecule has 0 aliphatic rings. The zero-order valence-corrected chi connectivity index (χ0v) is 6.52. The summed E-state index contributed by atoms with van der Waals surface area (Å²) in [6.07, 6.45) is 1.18. The lowest BCUT2D eigenvalue weighted by molar-refractivity contribution is 0.315. The van der Waals surface area contributed by atoms with E-state index in [0.717, 1.165) is 12.5 Å². The number of hydrogen-bond acceptors (Lipinski definition) is 1. The Morgan fingerprint density at radius 2 is 2.14 bits per heavy atom. The predicted molar refractivity (Wildman–Crippen MR) is 31.2 cm³/mol. The van der Waals surface area contributed by atoms with Crippen LogP contribution in [0.15, 0.2) is 0 Å². The van der Waals surface area contributed by atoms with Crippen LogP contribution in [0.1, 0.15) is 20.3 Å². The Morgan fingerprint density at radius 3 is 2.29 bits per heavy atom. The Hall–Kier alpha value is 0.726. The molecule has 1 radical (unpaired) electrons. The van der Waals surface area contributed by atoms with Gasteiger partial charge in [0.2, 0.25) is 0 Å². The zero-order valence-electron chi connectivity index (χ0n) is 5.11. The van der Waals surface area contributed by atoms with E-state index in [1.165, 1.54) is 6.42 Å². The van der Waals surface area contributed by atoms with Gasteiger partial charge in [-0.05, 0) is 12.3 Å². The van der Waals surface area contributed by atoms with Crippen LogP contribution in [-0.4, -0.2) is 28.7 Å². The molecular weight excluding hydrogens is 100 g/mol. The summed E-state index contributed by atoms with van der Waals surface area (Å²) in [7, 11) is 0. The van der Waals surface area contributed by atoms with Gasteiger partial charge in [-0.15, -0.1) is 0 Å². The molecule has 2 heteroatoms. The van der Waals surface area contributed by atoms with Crippen molar-refractivity contribution in [2.45, 2.75) is 20.3 Å². The van der Waals surface area contributed by atoms with Gasteiger partial charge < -0.3 is 3.17 Å². The summed E-state index contributed by atoms with van der Waals surface area (Å²) in [5.41, 5.74) is 0. The second-order valence-corrected chi connectivity index (χ2v) is 2.50. The van der Waals surface area contributed by atoms with Crippen LogP contribution < -0.4 is 0 Å². The van der Waals surface area contributed by atoms with Gasteiger partial charge in [-0.3, -0.25) is 0 Å². The highest BCUT2D eigenvalue weighted by Gasteiger charge is 1.87. The van der Waals surface area contributed by atoms with E-state index < -0.39 is 0 Å². The molecule has 7 heavy (non-hydrogen) atoms. The Labute approximate surface area is 58.4 Å². The minimum Gasteiger partial charge on any atom is -0.584 e. The second-order valence-electron chi connectivity index (χ2n) is 2.09. The van der Waals surface area contributed by atoms with Gasteiger partial charge in [0.25, 0.3) is 0 Å². The lowest BCUT2D eigenvalue weighted by Gasteiger charge is -2.02. The van der Waals surface area contributed by atoms with Crippen molar-refractivity contribution in [1.29, 1.82) is 0 Å². The van der Waals surface area contributed by atoms with Crippen LogP contribution in [0.25, 0.3) is 0 Å². The van der Waals surface area contributed by atoms with Crippen LogP contribution in [0.3, 0.4) is 0 Å². The van der Waals surface area contributed by atoms with Crippen molar-refractivity contribution >= 4 is 22.1 Å². The summed E-state index contributed by atoms with van der Waals surface area (Å²) >= 11 is 1.57. The molecule has 0 aromatic rings. The van der Waals surface area contributed by atoms with Crippen molar-refractivity contribution in [3.05, 3.63) is 0 Å². The molecule has 0 saturated heterocycles. The monoisotopic (exact) mass is 111 g/mol. The molecule has 0 heterocycles. The maximum absolute atomic E-state index is 4.88. The van der Waals surface area contributed by atoms with E-state index in [4.69, 9.17) is 3.17 Å². The lowest BCUT2D eigenvalue weighted by Crippen LogP contribution is -1.94. The van der Waals surface area contributed by atoms with Crippen LogP contribution in [0.5, 0.6) is 0 Å². The van der Waals surface area contributed by atoms with Crippen molar-refractivity contribution in [3.8, 4) is 0 Å². The fourth-order valence-corrected chi connectivity index (χ4v) is 0.486. The molecule has 0 amide bonds. The Morgan fingerprint density at radius 1 is 1.57 bits per heavy atom. The molecule has 0 aromatic carbocycles. The standard InChI is InChI=1S/C5H11O.Mg/c1-5(2)3-4-6;/h5H,3-4H2,1-2H3;/q-1;+1. The van der Waals surface area contributed by atoms with Crippen LogP contribution in [0.2, 0.25) is 0 Å². The van der Waals surface area contributed by atoms with Gasteiger partial charge in [0, 0.05) is 6.61 Å². The average Bonchev–Trinajstić information content (AvgIpc) is 1.61. The van der Waals surface area contributed by atoms with E-state index in [-0.39, 0.29) is 0 Å². The molecule has 0 spiro atoms. The van der Waals surface area contributed by atoms with Crippen molar-refractivity contribution in [2.75, 3.05) is 6.61 Å². The van der Waals surface area contributed by atoms with Crippen LogP contribution in [-0.2, 0) is 3.17 Å². The van der Waals surface area contributed by atoms with E-state index in [1.54, 1.807) is 22.1 Å². The summed E-state index contributed by atoms with van der Waals surface area (Å²) in [6, 6.07) is 0. The zero-order chi connectivity index (χ0) is 5.70. The van der Waals surface area contributed by atoms with Gasteiger partial charge in [0.15, 0.2) is 0 Å². The molecule has 0 fully saturated rings. The molecule has 39 valence electrons. The molecule has 0 bridgehead atoms. The quantitative estimate of drug-likeness (QED) is 0.496. The van der Waals surface area contributed by atoms with Gasteiger partial charge in [0.05, 0.1) is 0 Å². The topological polar surface area (TPSA) is 9.23 Å². The fraction of sp³-hybridized carbons (Fsp3) is 1.00. The summed E-state index contributed by atoms with van der Waals surface area (Å²) < 4.78 is 4.88. The Bertz CT molecular complexity index is 37.1. The Balaban J connectivity index is 2.68. The van der Waals surface area contributed by atoms with E-state index in [2.05, 4.69) is 13.8 Å². The van der Waals surface area contributed by atoms with Crippen LogP contribution >= 0.6 is 0 Å². The van der Waals surface area contributed by atoms with Crippen molar-refractivity contribution in [1.82, 2.24) is 0 Å². The first-order valence-electron chi connectivity index (χ1n) is 2.64. The van der Waals surface area contributed by atoms with Crippen molar-refractivity contribution < 1.29 is 3.17 Å². The summed E-state index contributed by atoms with van der Waals surface area (Å²) in [5, 5.41) is 0. The fourth-order valence-electron chi connectivity index (χ4n) is 0.319. The first-order valence-corrected chi connectivity index (χ1v) is 3.22. The molecule has 0 rings (SSSR count). The maximum atomic E-state index is 4.88. The third-order valence-electron chi connectivity index (χ3n) is 0.840. The Kier molecular flexibility index (Phi) is 5.38. The van der Waals surface area contributed by atoms with Crippen LogP contribution in [0, 0.1) is 5.92 Å². The molecular formula is C5H11MgO. The van der Waals surface area contributed by atoms with Crippen molar-refractivity contribution in [2.24, 2.45) is 5.92 Å². The first-order chi connectivity index (χ1) is 3.27. The molecule has 0 aromatic heterocycles. The minimum absolute atomic E-state index is 0.782. The maximum Gasteiger partial charge on any atom is 0.452 e. The molecule has 0 aliphatic heterocycles. The number of hydrogen-bond donors (Lipinski definition) is 0. The van der Waals surface area contributed by atoms with Gasteiger partial charge in [-0.2, -0.15) is 0 Å². The lowest BCUT2D eigenvalue weighted by atomic mass is 10.2. The third-order valence-corrected chi connectivity index (χ3v) is 1.13. The minimum atomic E-state index is 0.782. The SMILES string of the molecule is CC(C)CC[O][Mg]. The second kappa shape index (κ2) is 4.87. The van der Waals surface area contributed by atoms with Gasteiger partial charge in [-0.25, -0.2) is 0 Å². The van der Waals surface area contributed by atoms with Gasteiger partial charge in [0.1, 0.15) is 0 Å². The highest BCUT2D eigenvalue weighted by molar-refractivity contribution is 5.97. The normalized spacial score (nSPS) is 10.0. The smallest absolute Gasteiger partial charge is 0.452 e. The highest BCUT2D eigenvalue weighted by atomic mass is 24.4. The van der Waals surface area contributed by atoms with Crippen molar-refractivity contribution in [3.63, 3.8) is 0 Å². The van der Waals surface area contributed by atoms with E-state index in [9.17, 15) is 0 Å². The number of rotatable bonds is 3. The van der Waals surface area contributed by atoms with Crippen LogP contribution in [0.4, 0.5) is 0 Å². The summed E-state index contributed by atoms with van der Waals surface area (Å²) in [4.78, 5) is 0. The van der Waals surface area contributed by atoms with E-state index in [0.29, 0.717) is 0 Å². The molecule has 1 nitrogen and oxygen atoms in total. The first kappa shape index (κ1) is 7.73. The third kappa shape index (κ3) is 6.73. The van der Waals surface area contributed by atoms with E-state index >= 15 is 0 Å². The largest absolute Gasteiger partial charge is 0.584 e.